The summed E-state index contributed by atoms with van der Waals surface area (Å²) >= 11 is 0. The number of rotatable bonds is 2. The first kappa shape index (κ1) is 12.4. The van der Waals surface area contributed by atoms with Gasteiger partial charge in [0.15, 0.2) is 5.75 Å². The van der Waals surface area contributed by atoms with E-state index in [2.05, 4.69) is 11.1 Å². The lowest BCUT2D eigenvalue weighted by Crippen LogP contribution is -2.06. The van der Waals surface area contributed by atoms with Crippen LogP contribution in [0.25, 0.3) is 17.3 Å². The molecular formula is C15H12FN3O. The predicted octanol–water partition coefficient (Wildman–Crippen LogP) is 2.99. The Balaban J connectivity index is 2.36. The van der Waals surface area contributed by atoms with Gasteiger partial charge in [-0.25, -0.2) is 4.98 Å². The van der Waals surface area contributed by atoms with Gasteiger partial charge in [-0.05, 0) is 24.6 Å². The van der Waals surface area contributed by atoms with E-state index in [0.717, 1.165) is 12.1 Å². The smallest absolute Gasteiger partial charge is 0.222 e. The molecule has 0 atom stereocenters. The summed E-state index contributed by atoms with van der Waals surface area (Å²) in [6.07, 6.45) is 6.11. The Morgan fingerprint density at radius 3 is 3.05 bits per heavy atom. The lowest BCUT2D eigenvalue weighted by atomic mass is 10.1. The van der Waals surface area contributed by atoms with Gasteiger partial charge < -0.3 is 9.30 Å². The Hall–Kier alpha value is -2.61. The number of ether oxygens (including phenoxy) is 1. The standard InChI is InChI=1S/C15H12FN3O/c1-20-14-11(9-17)12-6-2-3-8-19(12)13(14)10-5-4-7-18-15(10)16/h2,4-7H,3,8H2,1H3. The molecule has 1 aliphatic heterocycles. The largest absolute Gasteiger partial charge is 0.493 e. The predicted molar refractivity (Wildman–Crippen MR) is 72.5 cm³/mol. The summed E-state index contributed by atoms with van der Waals surface area (Å²) in [5.74, 6) is -0.161. The van der Waals surface area contributed by atoms with Gasteiger partial charge in [-0.3, -0.25) is 0 Å². The van der Waals surface area contributed by atoms with E-state index >= 15 is 0 Å². The van der Waals surface area contributed by atoms with Crippen LogP contribution in [0.5, 0.6) is 5.75 Å². The molecule has 4 nitrogen and oxygen atoms in total. The summed E-state index contributed by atoms with van der Waals surface area (Å²) < 4.78 is 21.3. The lowest BCUT2D eigenvalue weighted by molar-refractivity contribution is 0.414. The minimum Gasteiger partial charge on any atom is -0.493 e. The summed E-state index contributed by atoms with van der Waals surface area (Å²) in [6, 6.07) is 5.46. The van der Waals surface area contributed by atoms with Gasteiger partial charge in [-0.15, -0.1) is 0 Å². The normalized spacial score (nSPS) is 12.8. The van der Waals surface area contributed by atoms with Gasteiger partial charge in [-0.1, -0.05) is 6.08 Å². The van der Waals surface area contributed by atoms with Gasteiger partial charge in [0.1, 0.15) is 11.6 Å². The molecule has 0 spiro atoms. The van der Waals surface area contributed by atoms with Crippen molar-refractivity contribution in [3.63, 3.8) is 0 Å². The van der Waals surface area contributed by atoms with Crippen LogP contribution in [-0.2, 0) is 6.54 Å². The highest BCUT2D eigenvalue weighted by Gasteiger charge is 2.26. The van der Waals surface area contributed by atoms with Crippen LogP contribution in [0.3, 0.4) is 0 Å². The molecular weight excluding hydrogens is 257 g/mol. The highest BCUT2D eigenvalue weighted by molar-refractivity contribution is 5.77. The topological polar surface area (TPSA) is 50.8 Å². The van der Waals surface area contributed by atoms with Crippen molar-refractivity contribution >= 4 is 6.08 Å². The van der Waals surface area contributed by atoms with Gasteiger partial charge in [-0.2, -0.15) is 9.65 Å². The second kappa shape index (κ2) is 4.82. The molecule has 0 aromatic carbocycles. The number of aromatic nitrogens is 2. The maximum Gasteiger partial charge on any atom is 0.222 e. The molecule has 2 aromatic rings. The van der Waals surface area contributed by atoms with E-state index in [0.29, 0.717) is 29.1 Å². The fourth-order valence-electron chi connectivity index (χ4n) is 2.55. The van der Waals surface area contributed by atoms with E-state index < -0.39 is 5.95 Å². The average molecular weight is 269 g/mol. The Labute approximate surface area is 115 Å². The Kier molecular flexibility index (Phi) is 2.99. The summed E-state index contributed by atoms with van der Waals surface area (Å²) in [7, 11) is 1.49. The number of nitriles is 1. The van der Waals surface area contributed by atoms with Crippen LogP contribution in [0.4, 0.5) is 4.39 Å². The van der Waals surface area contributed by atoms with Crippen molar-refractivity contribution in [1.82, 2.24) is 9.55 Å². The van der Waals surface area contributed by atoms with E-state index in [1.807, 2.05) is 16.7 Å². The van der Waals surface area contributed by atoms with Gasteiger partial charge >= 0.3 is 0 Å². The molecule has 100 valence electrons. The third kappa shape index (κ3) is 1.69. The zero-order valence-corrected chi connectivity index (χ0v) is 10.9. The minimum absolute atomic E-state index is 0.349. The third-order valence-corrected chi connectivity index (χ3v) is 3.38. The van der Waals surface area contributed by atoms with Crippen LogP contribution in [0.2, 0.25) is 0 Å². The first-order chi connectivity index (χ1) is 9.77. The molecule has 3 heterocycles. The van der Waals surface area contributed by atoms with Crippen LogP contribution in [0.1, 0.15) is 17.7 Å². The fourth-order valence-corrected chi connectivity index (χ4v) is 2.55. The molecule has 0 aliphatic carbocycles. The van der Waals surface area contributed by atoms with Crippen LogP contribution in [0, 0.1) is 17.3 Å². The van der Waals surface area contributed by atoms with Crippen molar-refractivity contribution in [3.05, 3.63) is 41.6 Å². The highest BCUT2D eigenvalue weighted by Crippen LogP contribution is 2.40. The van der Waals surface area contributed by atoms with E-state index in [9.17, 15) is 9.65 Å². The molecule has 0 saturated carbocycles. The minimum atomic E-state index is -0.565. The molecule has 0 amide bonds. The molecule has 2 aromatic heterocycles. The molecule has 0 fully saturated rings. The molecule has 0 saturated heterocycles. The number of halogens is 1. The number of nitrogens with zero attached hydrogens (tertiary/aromatic N) is 3. The molecule has 1 aliphatic rings. The first-order valence-corrected chi connectivity index (χ1v) is 6.26. The second-order valence-corrected chi connectivity index (χ2v) is 4.44. The van der Waals surface area contributed by atoms with Crippen molar-refractivity contribution in [3.8, 4) is 23.1 Å². The number of methoxy groups -OCH3 is 1. The molecule has 0 unspecified atom stereocenters. The van der Waals surface area contributed by atoms with Gasteiger partial charge in [0.2, 0.25) is 5.95 Å². The Morgan fingerprint density at radius 2 is 2.35 bits per heavy atom. The molecule has 0 N–H and O–H groups in total. The summed E-state index contributed by atoms with van der Waals surface area (Å²) in [5, 5.41) is 9.35. The number of hydrogen-bond donors (Lipinski definition) is 0. The number of allylic oxidation sites excluding steroid dienone is 1. The SMILES string of the molecule is COc1c(C#N)c2n(c1-c1cccnc1F)CCC=C2. The van der Waals surface area contributed by atoms with Crippen LogP contribution >= 0.6 is 0 Å². The third-order valence-electron chi connectivity index (χ3n) is 3.38. The number of pyridine rings is 1. The molecule has 0 radical (unpaired) electrons. The van der Waals surface area contributed by atoms with E-state index in [1.54, 1.807) is 12.1 Å². The zero-order valence-electron chi connectivity index (χ0n) is 10.9. The summed E-state index contributed by atoms with van der Waals surface area (Å²) in [6.45, 7) is 0.688. The summed E-state index contributed by atoms with van der Waals surface area (Å²) in [5.41, 5.74) is 2.12. The first-order valence-electron chi connectivity index (χ1n) is 6.26. The van der Waals surface area contributed by atoms with Crippen molar-refractivity contribution in [2.45, 2.75) is 13.0 Å². The lowest BCUT2D eigenvalue weighted by Gasteiger charge is -2.14. The highest BCUT2D eigenvalue weighted by atomic mass is 19.1. The summed E-state index contributed by atoms with van der Waals surface area (Å²) in [4.78, 5) is 3.68. The maximum atomic E-state index is 14.0. The van der Waals surface area contributed by atoms with Crippen molar-refractivity contribution in [1.29, 1.82) is 5.26 Å². The zero-order chi connectivity index (χ0) is 14.1. The molecule has 3 rings (SSSR count). The van der Waals surface area contributed by atoms with Crippen molar-refractivity contribution < 1.29 is 9.13 Å². The van der Waals surface area contributed by atoms with Crippen LogP contribution in [-0.4, -0.2) is 16.7 Å². The van der Waals surface area contributed by atoms with Gasteiger partial charge in [0.25, 0.3) is 0 Å². The number of hydrogen-bond acceptors (Lipinski definition) is 3. The van der Waals surface area contributed by atoms with Crippen LogP contribution < -0.4 is 4.74 Å². The van der Waals surface area contributed by atoms with Gasteiger partial charge in [0, 0.05) is 12.7 Å². The number of fused-ring (bicyclic) bond motifs is 1. The van der Waals surface area contributed by atoms with Gasteiger partial charge in [0.05, 0.1) is 24.1 Å². The van der Waals surface area contributed by atoms with E-state index in [4.69, 9.17) is 4.74 Å². The Morgan fingerprint density at radius 1 is 1.50 bits per heavy atom. The monoisotopic (exact) mass is 269 g/mol. The van der Waals surface area contributed by atoms with Crippen molar-refractivity contribution in [2.75, 3.05) is 7.11 Å². The molecule has 5 heteroatoms. The molecule has 20 heavy (non-hydrogen) atoms. The molecule has 0 bridgehead atoms. The van der Waals surface area contributed by atoms with E-state index in [-0.39, 0.29) is 0 Å². The quantitative estimate of drug-likeness (QED) is 0.787. The van der Waals surface area contributed by atoms with Crippen LogP contribution in [0.15, 0.2) is 24.4 Å². The average Bonchev–Trinajstić information content (AvgIpc) is 2.81. The van der Waals surface area contributed by atoms with E-state index in [1.165, 1.54) is 13.3 Å². The second-order valence-electron chi connectivity index (χ2n) is 4.44. The Bertz CT molecular complexity index is 740. The van der Waals surface area contributed by atoms with Crippen molar-refractivity contribution in [2.24, 2.45) is 0 Å². The fraction of sp³-hybridized carbons (Fsp3) is 0.200. The maximum absolute atomic E-state index is 14.0.